The van der Waals surface area contributed by atoms with Crippen molar-refractivity contribution >= 4 is 28.8 Å². The number of anilines is 1. The number of ether oxygens (including phenoxy) is 1. The Balaban J connectivity index is 1.63. The lowest BCUT2D eigenvalue weighted by Crippen LogP contribution is -2.56. The third-order valence-electron chi connectivity index (χ3n) is 5.06. The number of benzene rings is 1. The lowest BCUT2D eigenvalue weighted by atomic mass is 10.0. The Morgan fingerprint density at radius 1 is 1.10 bits per heavy atom. The molecule has 7 heteroatoms. The number of carbonyl (C=O) groups is 2. The molecule has 6 nitrogen and oxygen atoms in total. The molecule has 3 rings (SSSR count). The highest BCUT2D eigenvalue weighted by Crippen LogP contribution is 2.29. The topological polar surface area (TPSA) is 61.9 Å². The number of rotatable bonds is 7. The molecule has 1 aromatic heterocycles. The molecule has 1 N–H and O–H groups in total. The Hall–Kier alpha value is -2.54. The highest BCUT2D eigenvalue weighted by atomic mass is 32.1. The standard InChI is InChI=1S/C22H29N3O3S/c1-4-28-18-9-6-5-8-17(18)24-11-13-25(14-12-24)22(27)20(16(2)3)23-21(26)19-10-7-15-29-19/h5-10,15-16,20H,4,11-14H2,1-3H3,(H,23,26). The highest BCUT2D eigenvalue weighted by Gasteiger charge is 2.31. The first kappa shape index (κ1) is 21.2. The van der Waals surface area contributed by atoms with E-state index in [1.807, 2.05) is 55.3 Å². The van der Waals surface area contributed by atoms with Crippen molar-refractivity contribution in [3.63, 3.8) is 0 Å². The van der Waals surface area contributed by atoms with Gasteiger partial charge >= 0.3 is 0 Å². The van der Waals surface area contributed by atoms with E-state index in [1.54, 1.807) is 6.07 Å². The number of nitrogens with one attached hydrogen (secondary N) is 1. The monoisotopic (exact) mass is 415 g/mol. The van der Waals surface area contributed by atoms with Crippen molar-refractivity contribution < 1.29 is 14.3 Å². The molecule has 1 aromatic carbocycles. The summed E-state index contributed by atoms with van der Waals surface area (Å²) in [7, 11) is 0. The molecule has 2 heterocycles. The van der Waals surface area contributed by atoms with Gasteiger partial charge in [-0.2, -0.15) is 0 Å². The fourth-order valence-electron chi connectivity index (χ4n) is 3.49. The molecular formula is C22H29N3O3S. The highest BCUT2D eigenvalue weighted by molar-refractivity contribution is 7.12. The quantitative estimate of drug-likeness (QED) is 0.754. The first-order chi connectivity index (χ1) is 14.0. The number of hydrogen-bond acceptors (Lipinski definition) is 5. The van der Waals surface area contributed by atoms with Crippen LogP contribution in [0.1, 0.15) is 30.4 Å². The van der Waals surface area contributed by atoms with Gasteiger partial charge in [-0.25, -0.2) is 0 Å². The second kappa shape index (κ2) is 9.78. The average molecular weight is 416 g/mol. The largest absolute Gasteiger partial charge is 0.492 e. The van der Waals surface area contributed by atoms with Crippen LogP contribution in [0.5, 0.6) is 5.75 Å². The summed E-state index contributed by atoms with van der Waals surface area (Å²) < 4.78 is 5.74. The molecule has 0 saturated carbocycles. The van der Waals surface area contributed by atoms with E-state index < -0.39 is 6.04 Å². The van der Waals surface area contributed by atoms with Gasteiger partial charge in [0.2, 0.25) is 5.91 Å². The SMILES string of the molecule is CCOc1ccccc1N1CCN(C(=O)C(NC(=O)c2cccs2)C(C)C)CC1. The maximum atomic E-state index is 13.1. The Bertz CT molecular complexity index is 814. The minimum Gasteiger partial charge on any atom is -0.492 e. The molecule has 1 atom stereocenters. The predicted octanol–water partition coefficient (Wildman–Crippen LogP) is 3.25. The van der Waals surface area contributed by atoms with Crippen LogP contribution < -0.4 is 15.0 Å². The molecule has 1 aliphatic rings. The van der Waals surface area contributed by atoms with Crippen LogP contribution in [0.3, 0.4) is 0 Å². The summed E-state index contributed by atoms with van der Waals surface area (Å²) in [6.45, 7) is 9.24. The van der Waals surface area contributed by atoms with Crippen molar-refractivity contribution in [3.8, 4) is 5.75 Å². The van der Waals surface area contributed by atoms with Crippen LogP contribution in [-0.4, -0.2) is 55.5 Å². The zero-order valence-corrected chi connectivity index (χ0v) is 18.1. The van der Waals surface area contributed by atoms with Gasteiger partial charge in [-0.15, -0.1) is 11.3 Å². The lowest BCUT2D eigenvalue weighted by Gasteiger charge is -2.38. The van der Waals surface area contributed by atoms with Crippen LogP contribution in [-0.2, 0) is 4.79 Å². The maximum Gasteiger partial charge on any atom is 0.262 e. The maximum absolute atomic E-state index is 13.1. The third kappa shape index (κ3) is 5.09. The van der Waals surface area contributed by atoms with Crippen LogP contribution in [0.25, 0.3) is 0 Å². The molecule has 1 saturated heterocycles. The van der Waals surface area contributed by atoms with Gasteiger partial charge in [-0.05, 0) is 36.4 Å². The molecule has 0 radical (unpaired) electrons. The van der Waals surface area contributed by atoms with Crippen molar-refractivity contribution in [2.75, 3.05) is 37.7 Å². The third-order valence-corrected chi connectivity index (χ3v) is 5.93. The van der Waals surface area contributed by atoms with Gasteiger partial charge in [0.25, 0.3) is 5.91 Å². The Labute approximate surface area is 176 Å². The van der Waals surface area contributed by atoms with Gasteiger partial charge in [-0.1, -0.05) is 32.0 Å². The van der Waals surface area contributed by atoms with E-state index >= 15 is 0 Å². The van der Waals surface area contributed by atoms with E-state index in [0.29, 0.717) is 24.6 Å². The Kier molecular flexibility index (Phi) is 7.14. The first-order valence-electron chi connectivity index (χ1n) is 10.1. The summed E-state index contributed by atoms with van der Waals surface area (Å²) in [5.74, 6) is 0.695. The van der Waals surface area contributed by atoms with E-state index in [1.165, 1.54) is 11.3 Å². The van der Waals surface area contributed by atoms with Crippen molar-refractivity contribution in [1.82, 2.24) is 10.2 Å². The summed E-state index contributed by atoms with van der Waals surface area (Å²) in [6.07, 6.45) is 0. The van der Waals surface area contributed by atoms with E-state index in [4.69, 9.17) is 4.74 Å². The Morgan fingerprint density at radius 2 is 1.83 bits per heavy atom. The van der Waals surface area contributed by atoms with Gasteiger partial charge in [0.1, 0.15) is 11.8 Å². The lowest BCUT2D eigenvalue weighted by molar-refractivity contribution is -0.134. The van der Waals surface area contributed by atoms with E-state index in [9.17, 15) is 9.59 Å². The molecule has 29 heavy (non-hydrogen) atoms. The smallest absolute Gasteiger partial charge is 0.262 e. The second-order valence-electron chi connectivity index (χ2n) is 7.39. The molecule has 1 fully saturated rings. The molecule has 156 valence electrons. The zero-order chi connectivity index (χ0) is 20.8. The fraction of sp³-hybridized carbons (Fsp3) is 0.455. The van der Waals surface area contributed by atoms with Gasteiger partial charge in [0.05, 0.1) is 17.2 Å². The summed E-state index contributed by atoms with van der Waals surface area (Å²) in [5, 5.41) is 4.79. The van der Waals surface area contributed by atoms with Crippen LogP contribution in [0.2, 0.25) is 0 Å². The average Bonchev–Trinajstić information content (AvgIpc) is 3.27. The Morgan fingerprint density at radius 3 is 2.45 bits per heavy atom. The number of nitrogens with zero attached hydrogens (tertiary/aromatic N) is 2. The normalized spacial score (nSPS) is 15.3. The van der Waals surface area contributed by atoms with Crippen LogP contribution in [0, 0.1) is 5.92 Å². The summed E-state index contributed by atoms with van der Waals surface area (Å²) in [4.78, 5) is 30.3. The van der Waals surface area contributed by atoms with Gasteiger partial charge in [0.15, 0.2) is 0 Å². The summed E-state index contributed by atoms with van der Waals surface area (Å²) in [6, 6.07) is 11.1. The van der Waals surface area contributed by atoms with Crippen LogP contribution in [0.4, 0.5) is 5.69 Å². The minimum atomic E-state index is -0.521. The van der Waals surface area contributed by atoms with Gasteiger partial charge < -0.3 is 19.9 Å². The van der Waals surface area contributed by atoms with Crippen LogP contribution in [0.15, 0.2) is 41.8 Å². The first-order valence-corrected chi connectivity index (χ1v) is 11.0. The number of thiophene rings is 1. The van der Waals surface area contributed by atoms with Gasteiger partial charge in [-0.3, -0.25) is 9.59 Å². The molecule has 0 aliphatic carbocycles. The molecule has 0 bridgehead atoms. The predicted molar refractivity (Wildman–Crippen MR) is 117 cm³/mol. The van der Waals surface area contributed by atoms with Crippen molar-refractivity contribution in [2.24, 2.45) is 5.92 Å². The van der Waals surface area contributed by atoms with Crippen molar-refractivity contribution in [2.45, 2.75) is 26.8 Å². The fourth-order valence-corrected chi connectivity index (χ4v) is 4.12. The second-order valence-corrected chi connectivity index (χ2v) is 8.33. The van der Waals surface area contributed by atoms with E-state index in [2.05, 4.69) is 16.3 Å². The number of hydrogen-bond donors (Lipinski definition) is 1. The summed E-state index contributed by atoms with van der Waals surface area (Å²) in [5.41, 5.74) is 1.06. The molecule has 2 aromatic rings. The zero-order valence-electron chi connectivity index (χ0n) is 17.3. The van der Waals surface area contributed by atoms with E-state index in [0.717, 1.165) is 24.5 Å². The van der Waals surface area contributed by atoms with Crippen molar-refractivity contribution in [1.29, 1.82) is 0 Å². The molecular weight excluding hydrogens is 386 g/mol. The number of piperazine rings is 1. The minimum absolute atomic E-state index is 0.0114. The molecule has 1 unspecified atom stereocenters. The summed E-state index contributed by atoms with van der Waals surface area (Å²) >= 11 is 1.38. The van der Waals surface area contributed by atoms with Crippen LogP contribution >= 0.6 is 11.3 Å². The number of carbonyl (C=O) groups excluding carboxylic acids is 2. The number of para-hydroxylation sites is 2. The number of amides is 2. The van der Waals surface area contributed by atoms with Gasteiger partial charge in [0, 0.05) is 26.2 Å². The molecule has 2 amide bonds. The molecule has 1 aliphatic heterocycles. The molecule has 0 spiro atoms. The van der Waals surface area contributed by atoms with Crippen molar-refractivity contribution in [3.05, 3.63) is 46.7 Å². The van der Waals surface area contributed by atoms with E-state index in [-0.39, 0.29) is 17.7 Å².